The molecule has 6 rings (SSSR count). The highest BCUT2D eigenvalue weighted by molar-refractivity contribution is 7.54. The molecule has 0 N–H and O–H groups in total. The van der Waals surface area contributed by atoms with Crippen molar-refractivity contribution in [3.05, 3.63) is 57.1 Å². The van der Waals surface area contributed by atoms with Crippen LogP contribution >= 0.6 is 7.67 Å². The van der Waals surface area contributed by atoms with Gasteiger partial charge in [0.05, 0.1) is 23.7 Å². The fraction of sp³-hybridized carbons (Fsp3) is 0.409. The number of ether oxygens (including phenoxy) is 2. The average molecular weight is 486 g/mol. The van der Waals surface area contributed by atoms with E-state index in [2.05, 4.69) is 0 Å². The number of carbonyl (C=O) groups excluding carboxylic acids is 1. The molecular formula is C22H23N4O7P. The molecule has 0 spiro atoms. The highest BCUT2D eigenvalue weighted by atomic mass is 31.2. The van der Waals surface area contributed by atoms with Crippen molar-refractivity contribution in [2.75, 3.05) is 39.8 Å². The van der Waals surface area contributed by atoms with Crippen molar-refractivity contribution in [2.45, 2.75) is 19.1 Å². The number of amides is 1. The molecule has 12 heteroatoms. The van der Waals surface area contributed by atoms with Crippen LogP contribution in [0.2, 0.25) is 0 Å². The van der Waals surface area contributed by atoms with E-state index in [9.17, 15) is 19.5 Å². The molecule has 4 aliphatic heterocycles. The summed E-state index contributed by atoms with van der Waals surface area (Å²) in [6.07, 6.45) is -0.0792. The molecule has 178 valence electrons. The van der Waals surface area contributed by atoms with Gasteiger partial charge in [0.2, 0.25) is 5.75 Å². The summed E-state index contributed by atoms with van der Waals surface area (Å²) in [5.41, 5.74) is 1.70. The van der Waals surface area contributed by atoms with Gasteiger partial charge in [0, 0.05) is 57.3 Å². The quantitative estimate of drug-likeness (QED) is 0.251. The Morgan fingerprint density at radius 1 is 1.15 bits per heavy atom. The molecule has 2 saturated heterocycles. The van der Waals surface area contributed by atoms with E-state index in [1.165, 1.54) is 12.1 Å². The topological polar surface area (TPSA) is 114 Å². The first-order valence-electron chi connectivity index (χ1n) is 11.1. The Morgan fingerprint density at radius 2 is 1.88 bits per heavy atom. The summed E-state index contributed by atoms with van der Waals surface area (Å²) < 4.78 is 35.0. The first kappa shape index (κ1) is 21.5. The van der Waals surface area contributed by atoms with Crippen LogP contribution in [0.4, 0.5) is 5.69 Å². The Labute approximate surface area is 195 Å². The SMILES string of the molecule is CN1Cc2ccc(Oc3cc4c(cc3[N+](=O)[O-])OCCC4OP(=O)(N3CC3)N3CC3)cc2C1=O. The van der Waals surface area contributed by atoms with Gasteiger partial charge >= 0.3 is 13.4 Å². The highest BCUT2D eigenvalue weighted by Gasteiger charge is 2.51. The Bertz CT molecular complexity index is 1240. The molecule has 0 saturated carbocycles. The van der Waals surface area contributed by atoms with E-state index in [1.54, 1.807) is 30.1 Å². The summed E-state index contributed by atoms with van der Waals surface area (Å²) in [6.45, 7) is 3.72. The smallest absolute Gasteiger partial charge is 0.346 e. The van der Waals surface area contributed by atoms with Gasteiger partial charge in [0.15, 0.2) is 0 Å². The molecule has 1 unspecified atom stereocenters. The second-order valence-corrected chi connectivity index (χ2v) is 11.1. The molecular weight excluding hydrogens is 463 g/mol. The van der Waals surface area contributed by atoms with E-state index >= 15 is 0 Å². The maximum absolute atomic E-state index is 13.5. The Kier molecular flexibility index (Phi) is 4.93. The summed E-state index contributed by atoms with van der Waals surface area (Å²) in [4.78, 5) is 25.2. The fourth-order valence-electron chi connectivity index (χ4n) is 4.40. The van der Waals surface area contributed by atoms with E-state index in [0.717, 1.165) is 31.7 Å². The van der Waals surface area contributed by atoms with Crippen molar-refractivity contribution in [2.24, 2.45) is 0 Å². The normalized spacial score (nSPS) is 21.6. The summed E-state index contributed by atoms with van der Waals surface area (Å²) in [6, 6.07) is 7.94. The van der Waals surface area contributed by atoms with Crippen LogP contribution in [0, 0.1) is 10.1 Å². The zero-order valence-electron chi connectivity index (χ0n) is 18.5. The highest BCUT2D eigenvalue weighted by Crippen LogP contribution is 2.64. The lowest BCUT2D eigenvalue weighted by atomic mass is 10.0. The molecule has 0 aliphatic carbocycles. The van der Waals surface area contributed by atoms with Gasteiger partial charge in [0.1, 0.15) is 11.5 Å². The summed E-state index contributed by atoms with van der Waals surface area (Å²) >= 11 is 0. The third-order valence-corrected chi connectivity index (χ3v) is 9.15. The number of nitro benzene ring substituents is 1. The minimum atomic E-state index is -3.11. The van der Waals surface area contributed by atoms with Crippen LogP contribution in [-0.4, -0.2) is 64.9 Å². The first-order valence-corrected chi connectivity index (χ1v) is 12.7. The van der Waals surface area contributed by atoms with E-state index in [0.29, 0.717) is 42.2 Å². The third-order valence-electron chi connectivity index (χ3n) is 6.39. The van der Waals surface area contributed by atoms with Crippen molar-refractivity contribution in [1.82, 2.24) is 14.2 Å². The second-order valence-electron chi connectivity index (χ2n) is 8.83. The number of fused-ring (bicyclic) bond motifs is 2. The molecule has 0 radical (unpaired) electrons. The van der Waals surface area contributed by atoms with E-state index in [1.807, 2.05) is 9.34 Å². The zero-order chi connectivity index (χ0) is 23.6. The molecule has 4 aliphatic rings. The lowest BCUT2D eigenvalue weighted by molar-refractivity contribution is -0.385. The molecule has 2 aromatic carbocycles. The number of nitro groups is 1. The average Bonchev–Trinajstić information content (AvgIpc) is 3.72. The summed E-state index contributed by atoms with van der Waals surface area (Å²) in [5.74, 6) is 0.528. The Morgan fingerprint density at radius 3 is 2.56 bits per heavy atom. The number of carbonyl (C=O) groups is 1. The molecule has 1 atom stereocenters. The minimum Gasteiger partial charge on any atom is -0.493 e. The number of rotatable bonds is 7. The monoisotopic (exact) mass is 486 g/mol. The van der Waals surface area contributed by atoms with E-state index in [-0.39, 0.29) is 17.3 Å². The van der Waals surface area contributed by atoms with Crippen molar-refractivity contribution in [3.63, 3.8) is 0 Å². The van der Waals surface area contributed by atoms with Gasteiger partial charge in [-0.3, -0.25) is 24.0 Å². The minimum absolute atomic E-state index is 0.00916. The van der Waals surface area contributed by atoms with Crippen molar-refractivity contribution in [1.29, 1.82) is 0 Å². The summed E-state index contributed by atoms with van der Waals surface area (Å²) in [7, 11) is -1.39. The van der Waals surface area contributed by atoms with Crippen LogP contribution in [0.1, 0.15) is 34.0 Å². The Hall–Kier alpha value is -2.98. The van der Waals surface area contributed by atoms with Crippen molar-refractivity contribution >= 4 is 19.3 Å². The second kappa shape index (κ2) is 7.78. The molecule has 11 nitrogen and oxygen atoms in total. The maximum atomic E-state index is 13.5. The number of benzene rings is 2. The van der Waals surface area contributed by atoms with Gasteiger partial charge < -0.3 is 14.4 Å². The zero-order valence-corrected chi connectivity index (χ0v) is 19.4. The van der Waals surface area contributed by atoms with E-state index < -0.39 is 18.7 Å². The number of hydrogen-bond donors (Lipinski definition) is 0. The third kappa shape index (κ3) is 3.65. The van der Waals surface area contributed by atoms with Gasteiger partial charge in [-0.1, -0.05) is 6.07 Å². The molecule has 1 amide bonds. The molecule has 2 fully saturated rings. The predicted octanol–water partition coefficient (Wildman–Crippen LogP) is 3.55. The lowest BCUT2D eigenvalue weighted by Gasteiger charge is -2.30. The van der Waals surface area contributed by atoms with Crippen molar-refractivity contribution in [3.8, 4) is 17.2 Å². The van der Waals surface area contributed by atoms with Crippen LogP contribution in [0.25, 0.3) is 0 Å². The van der Waals surface area contributed by atoms with Gasteiger partial charge in [0.25, 0.3) is 5.91 Å². The predicted molar refractivity (Wildman–Crippen MR) is 120 cm³/mol. The van der Waals surface area contributed by atoms with E-state index in [4.69, 9.17) is 14.0 Å². The van der Waals surface area contributed by atoms with Crippen molar-refractivity contribution < 1.29 is 28.3 Å². The number of nitrogens with zero attached hydrogens (tertiary/aromatic N) is 4. The first-order chi connectivity index (χ1) is 16.3. The van der Waals surface area contributed by atoms with Crippen LogP contribution in [0.15, 0.2) is 30.3 Å². The van der Waals surface area contributed by atoms with Gasteiger partial charge in [-0.25, -0.2) is 9.34 Å². The van der Waals surface area contributed by atoms with Gasteiger partial charge in [-0.15, -0.1) is 0 Å². The van der Waals surface area contributed by atoms with Crippen LogP contribution in [-0.2, 0) is 15.6 Å². The molecule has 0 aromatic heterocycles. The molecule has 0 bridgehead atoms. The summed E-state index contributed by atoms with van der Waals surface area (Å²) in [5, 5.41) is 11.8. The molecule has 2 aromatic rings. The van der Waals surface area contributed by atoms with Crippen LogP contribution in [0.3, 0.4) is 0 Å². The maximum Gasteiger partial charge on any atom is 0.346 e. The van der Waals surface area contributed by atoms with Crippen LogP contribution in [0.5, 0.6) is 17.2 Å². The lowest BCUT2D eigenvalue weighted by Crippen LogP contribution is -2.19. The molecule has 34 heavy (non-hydrogen) atoms. The largest absolute Gasteiger partial charge is 0.493 e. The standard InChI is InChI=1S/C22H23N4O7P/c1-23-13-14-2-3-15(10-16(14)22(23)27)32-21-11-17-19(4-9-31-20(17)12-18(21)26(28)29)33-34(30,24-5-6-24)25-7-8-25/h2-3,10-12,19H,4-9,13H2,1H3. The van der Waals surface area contributed by atoms with Crippen LogP contribution < -0.4 is 9.47 Å². The fourth-order valence-corrected chi connectivity index (χ4v) is 6.76. The van der Waals surface area contributed by atoms with Gasteiger partial charge in [-0.2, -0.15) is 0 Å². The molecule has 4 heterocycles. The number of hydrogen-bond acceptors (Lipinski definition) is 7. The van der Waals surface area contributed by atoms with Gasteiger partial charge in [-0.05, 0) is 23.8 Å². The Balaban J connectivity index is 1.35.